The van der Waals surface area contributed by atoms with Crippen LogP contribution < -0.4 is 4.74 Å². The third-order valence-electron chi connectivity index (χ3n) is 4.44. The first-order valence-corrected chi connectivity index (χ1v) is 8.59. The Labute approximate surface area is 152 Å². The lowest BCUT2D eigenvalue weighted by atomic mass is 10.1. The summed E-state index contributed by atoms with van der Waals surface area (Å²) in [5.74, 6) is 0.325. The molecule has 0 spiro atoms. The Morgan fingerprint density at radius 3 is 2.23 bits per heavy atom. The number of piperazine rings is 1. The van der Waals surface area contributed by atoms with Gasteiger partial charge in [0.1, 0.15) is 11.5 Å². The molecule has 6 nitrogen and oxygen atoms in total. The lowest BCUT2D eigenvalue weighted by Crippen LogP contribution is -2.51. The number of ether oxygens (including phenoxy) is 1. The highest BCUT2D eigenvalue weighted by Crippen LogP contribution is 2.19. The Balaban J connectivity index is 1.50. The van der Waals surface area contributed by atoms with Crippen molar-refractivity contribution in [1.82, 2.24) is 9.80 Å². The number of rotatable bonds is 4. The Kier molecular flexibility index (Phi) is 5.41. The predicted octanol–water partition coefficient (Wildman–Crippen LogP) is 2.06. The monoisotopic (exact) mass is 354 g/mol. The van der Waals surface area contributed by atoms with Gasteiger partial charge in [-0.25, -0.2) is 0 Å². The second kappa shape index (κ2) is 7.91. The molecule has 0 bridgehead atoms. The fourth-order valence-corrected chi connectivity index (χ4v) is 2.85. The second-order valence-electron chi connectivity index (χ2n) is 6.29. The van der Waals surface area contributed by atoms with Crippen LogP contribution in [-0.4, -0.2) is 59.5 Å². The molecule has 1 fully saturated rings. The zero-order valence-electron chi connectivity index (χ0n) is 14.7. The lowest BCUT2D eigenvalue weighted by molar-refractivity contribution is -0.134. The molecule has 1 N–H and O–H groups in total. The van der Waals surface area contributed by atoms with Crippen LogP contribution in [0.1, 0.15) is 15.9 Å². The second-order valence-corrected chi connectivity index (χ2v) is 6.29. The number of phenolic OH excluding ortho intramolecular Hbond substituents is 1. The minimum absolute atomic E-state index is 0.0174. The van der Waals surface area contributed by atoms with Gasteiger partial charge in [-0.05, 0) is 31.2 Å². The van der Waals surface area contributed by atoms with Gasteiger partial charge in [-0.15, -0.1) is 0 Å². The number of hydrogen-bond donors (Lipinski definition) is 1. The van der Waals surface area contributed by atoms with E-state index in [9.17, 15) is 14.7 Å². The van der Waals surface area contributed by atoms with Crippen LogP contribution in [0.15, 0.2) is 48.5 Å². The molecule has 2 amide bonds. The first-order chi connectivity index (χ1) is 12.5. The molecule has 26 heavy (non-hydrogen) atoms. The number of para-hydroxylation sites is 1. The third-order valence-corrected chi connectivity index (χ3v) is 4.44. The van der Waals surface area contributed by atoms with Crippen molar-refractivity contribution >= 4 is 11.8 Å². The fourth-order valence-electron chi connectivity index (χ4n) is 2.85. The van der Waals surface area contributed by atoms with Crippen molar-refractivity contribution in [3.8, 4) is 11.5 Å². The highest BCUT2D eigenvalue weighted by atomic mass is 16.5. The van der Waals surface area contributed by atoms with Gasteiger partial charge in [0.2, 0.25) is 0 Å². The van der Waals surface area contributed by atoms with Gasteiger partial charge in [0.25, 0.3) is 11.8 Å². The predicted molar refractivity (Wildman–Crippen MR) is 97.3 cm³/mol. The molecule has 0 atom stereocenters. The molecule has 1 heterocycles. The summed E-state index contributed by atoms with van der Waals surface area (Å²) in [6.07, 6.45) is 0. The van der Waals surface area contributed by atoms with E-state index in [0.717, 1.165) is 5.56 Å². The van der Waals surface area contributed by atoms with Crippen LogP contribution in [0.25, 0.3) is 0 Å². The van der Waals surface area contributed by atoms with Gasteiger partial charge < -0.3 is 19.6 Å². The van der Waals surface area contributed by atoms with Crippen molar-refractivity contribution in [2.75, 3.05) is 32.8 Å². The zero-order chi connectivity index (χ0) is 18.5. The van der Waals surface area contributed by atoms with Crippen molar-refractivity contribution in [2.24, 2.45) is 0 Å². The molecule has 1 aliphatic heterocycles. The third kappa shape index (κ3) is 4.14. The summed E-state index contributed by atoms with van der Waals surface area (Å²) in [4.78, 5) is 28.1. The molecule has 2 aromatic carbocycles. The van der Waals surface area contributed by atoms with Gasteiger partial charge in [0, 0.05) is 26.2 Å². The standard InChI is InChI=1S/C20H22N2O4/c1-15-6-8-16(9-7-15)26-14-19(24)21-10-12-22(13-11-21)20(25)17-4-2-3-5-18(17)23/h2-9,23H,10-14H2,1H3. The Morgan fingerprint density at radius 2 is 1.58 bits per heavy atom. The molecule has 0 aromatic heterocycles. The van der Waals surface area contributed by atoms with Crippen molar-refractivity contribution in [3.63, 3.8) is 0 Å². The number of carbonyl (C=O) groups is 2. The van der Waals surface area contributed by atoms with Crippen LogP contribution in [0.5, 0.6) is 11.5 Å². The molecule has 0 unspecified atom stereocenters. The SMILES string of the molecule is Cc1ccc(OCC(=O)N2CCN(C(=O)c3ccccc3O)CC2)cc1. The number of benzene rings is 2. The number of carbonyl (C=O) groups excluding carboxylic acids is 2. The minimum atomic E-state index is -0.217. The maximum absolute atomic E-state index is 12.5. The molecule has 1 aliphatic rings. The molecule has 136 valence electrons. The van der Waals surface area contributed by atoms with Gasteiger partial charge >= 0.3 is 0 Å². The number of amides is 2. The molecular weight excluding hydrogens is 332 g/mol. The molecule has 3 rings (SSSR count). The summed E-state index contributed by atoms with van der Waals surface area (Å²) in [5.41, 5.74) is 1.42. The van der Waals surface area contributed by atoms with E-state index < -0.39 is 0 Å². The van der Waals surface area contributed by atoms with Gasteiger partial charge in [-0.2, -0.15) is 0 Å². The molecule has 0 radical (unpaired) electrons. The molecule has 0 aliphatic carbocycles. The highest BCUT2D eigenvalue weighted by molar-refractivity contribution is 5.97. The van der Waals surface area contributed by atoms with E-state index in [1.165, 1.54) is 6.07 Å². The van der Waals surface area contributed by atoms with Crippen molar-refractivity contribution in [1.29, 1.82) is 0 Å². The normalized spacial score (nSPS) is 14.2. The van der Waals surface area contributed by atoms with Crippen LogP contribution in [0.3, 0.4) is 0 Å². The van der Waals surface area contributed by atoms with E-state index in [4.69, 9.17) is 4.74 Å². The van der Waals surface area contributed by atoms with E-state index in [1.54, 1.807) is 28.0 Å². The summed E-state index contributed by atoms with van der Waals surface area (Å²) in [6, 6.07) is 14.0. The van der Waals surface area contributed by atoms with Gasteiger partial charge in [-0.1, -0.05) is 29.8 Å². The summed E-state index contributed by atoms with van der Waals surface area (Å²) in [5, 5.41) is 9.82. The lowest BCUT2D eigenvalue weighted by Gasteiger charge is -2.34. The van der Waals surface area contributed by atoms with Crippen molar-refractivity contribution in [2.45, 2.75) is 6.92 Å². The fraction of sp³-hybridized carbons (Fsp3) is 0.300. The van der Waals surface area contributed by atoms with E-state index in [0.29, 0.717) is 31.9 Å². The average Bonchev–Trinajstić information content (AvgIpc) is 2.67. The summed E-state index contributed by atoms with van der Waals surface area (Å²) < 4.78 is 5.53. The Morgan fingerprint density at radius 1 is 0.962 bits per heavy atom. The first-order valence-electron chi connectivity index (χ1n) is 8.59. The topological polar surface area (TPSA) is 70.1 Å². The van der Waals surface area contributed by atoms with Crippen LogP contribution in [0.2, 0.25) is 0 Å². The van der Waals surface area contributed by atoms with E-state index in [-0.39, 0.29) is 29.7 Å². The largest absolute Gasteiger partial charge is 0.507 e. The summed E-state index contributed by atoms with van der Waals surface area (Å²) in [6.45, 7) is 3.75. The highest BCUT2D eigenvalue weighted by Gasteiger charge is 2.26. The van der Waals surface area contributed by atoms with Crippen LogP contribution in [0, 0.1) is 6.92 Å². The molecular formula is C20H22N2O4. The van der Waals surface area contributed by atoms with Crippen LogP contribution in [-0.2, 0) is 4.79 Å². The molecule has 2 aromatic rings. The van der Waals surface area contributed by atoms with E-state index >= 15 is 0 Å². The first kappa shape index (κ1) is 17.8. The van der Waals surface area contributed by atoms with E-state index in [1.807, 2.05) is 31.2 Å². The van der Waals surface area contributed by atoms with E-state index in [2.05, 4.69) is 0 Å². The van der Waals surface area contributed by atoms with Gasteiger partial charge in [0.15, 0.2) is 6.61 Å². The quantitative estimate of drug-likeness (QED) is 0.912. The van der Waals surface area contributed by atoms with Crippen LogP contribution >= 0.6 is 0 Å². The van der Waals surface area contributed by atoms with Gasteiger partial charge in [0.05, 0.1) is 5.56 Å². The molecule has 6 heteroatoms. The zero-order valence-corrected chi connectivity index (χ0v) is 14.7. The van der Waals surface area contributed by atoms with Gasteiger partial charge in [-0.3, -0.25) is 9.59 Å². The molecule has 0 saturated carbocycles. The average molecular weight is 354 g/mol. The Bertz CT molecular complexity index is 781. The minimum Gasteiger partial charge on any atom is -0.507 e. The Hall–Kier alpha value is -3.02. The summed E-state index contributed by atoms with van der Waals surface area (Å²) in [7, 11) is 0. The van der Waals surface area contributed by atoms with Crippen molar-refractivity contribution < 1.29 is 19.4 Å². The number of nitrogens with zero attached hydrogens (tertiary/aromatic N) is 2. The maximum Gasteiger partial charge on any atom is 0.260 e. The molecule has 1 saturated heterocycles. The maximum atomic E-state index is 12.5. The number of phenols is 1. The van der Waals surface area contributed by atoms with Crippen molar-refractivity contribution in [3.05, 3.63) is 59.7 Å². The number of aromatic hydroxyl groups is 1. The number of aryl methyl sites for hydroxylation is 1. The van der Waals surface area contributed by atoms with Crippen LogP contribution in [0.4, 0.5) is 0 Å². The summed E-state index contributed by atoms with van der Waals surface area (Å²) >= 11 is 0. The number of hydrogen-bond acceptors (Lipinski definition) is 4. The smallest absolute Gasteiger partial charge is 0.260 e.